The van der Waals surface area contributed by atoms with Crippen molar-refractivity contribution in [2.45, 2.75) is 31.3 Å². The number of carboxylic acids is 1. The molecular weight excluding hydrogens is 264 g/mol. The first-order valence-electron chi connectivity index (χ1n) is 6.15. The van der Waals surface area contributed by atoms with Crippen LogP contribution in [0.3, 0.4) is 0 Å². The van der Waals surface area contributed by atoms with E-state index in [0.717, 1.165) is 16.7 Å². The van der Waals surface area contributed by atoms with Gasteiger partial charge in [0, 0.05) is 4.90 Å². The molecule has 0 aliphatic carbocycles. The molecule has 0 aromatic heterocycles. The Balaban J connectivity index is 2.86. The average Bonchev–Trinajstić information content (AvgIpc) is 2.39. The first kappa shape index (κ1) is 15.7. The Bertz CT molecular complexity index is 432. The predicted octanol–water partition coefficient (Wildman–Crippen LogP) is 2.41. The zero-order valence-electron chi connectivity index (χ0n) is 10.9. The maximum Gasteiger partial charge on any atom is 0.333 e. The third-order valence-corrected chi connectivity index (χ3v) is 4.07. The molecule has 5 heteroatoms. The van der Waals surface area contributed by atoms with Crippen LogP contribution in [0.1, 0.15) is 20.3 Å². The van der Waals surface area contributed by atoms with E-state index in [1.807, 2.05) is 25.1 Å². The molecule has 2 N–H and O–H groups in total. The van der Waals surface area contributed by atoms with Crippen molar-refractivity contribution in [3.63, 3.8) is 0 Å². The van der Waals surface area contributed by atoms with Crippen molar-refractivity contribution in [2.75, 3.05) is 0 Å². The smallest absolute Gasteiger partial charge is 0.333 e. The van der Waals surface area contributed by atoms with Gasteiger partial charge in [0.15, 0.2) is 11.2 Å². The summed E-state index contributed by atoms with van der Waals surface area (Å²) in [5, 5.41) is 18.3. The second-order valence-corrected chi connectivity index (χ2v) is 5.51. The fourth-order valence-electron chi connectivity index (χ4n) is 1.75. The molecule has 0 aliphatic rings. The van der Waals surface area contributed by atoms with Crippen molar-refractivity contribution >= 4 is 22.8 Å². The van der Waals surface area contributed by atoms with E-state index < -0.39 is 18.0 Å². The van der Waals surface area contributed by atoms with E-state index in [0.29, 0.717) is 6.42 Å². The van der Waals surface area contributed by atoms with Gasteiger partial charge in [0.2, 0.25) is 0 Å². The van der Waals surface area contributed by atoms with E-state index in [2.05, 4.69) is 0 Å². The standard InChI is InChI=1S/C14H18O4S/c1-3-9(2)11(12(15)13(16)17)14(18)19-10-7-5-4-6-8-10/h4-9,11-12,15H,3H2,1-2H3,(H,16,17)/t9-,11-,12+/m0/s1. The van der Waals surface area contributed by atoms with E-state index in [4.69, 9.17) is 5.11 Å². The minimum Gasteiger partial charge on any atom is -0.479 e. The number of carbonyl (C=O) groups excluding carboxylic acids is 1. The van der Waals surface area contributed by atoms with Crippen molar-refractivity contribution < 1.29 is 19.8 Å². The first-order chi connectivity index (χ1) is 8.97. The van der Waals surface area contributed by atoms with Gasteiger partial charge in [0.25, 0.3) is 0 Å². The quantitative estimate of drug-likeness (QED) is 0.784. The highest BCUT2D eigenvalue weighted by atomic mass is 32.2. The van der Waals surface area contributed by atoms with Crippen LogP contribution in [0, 0.1) is 11.8 Å². The van der Waals surface area contributed by atoms with Crippen LogP contribution in [0.25, 0.3) is 0 Å². The molecule has 4 nitrogen and oxygen atoms in total. The van der Waals surface area contributed by atoms with Gasteiger partial charge < -0.3 is 10.2 Å². The molecule has 1 rings (SSSR count). The number of aliphatic carboxylic acids is 1. The van der Waals surface area contributed by atoms with Gasteiger partial charge in [-0.05, 0) is 18.1 Å². The predicted molar refractivity (Wildman–Crippen MR) is 73.9 cm³/mol. The third kappa shape index (κ3) is 4.36. The Morgan fingerprint density at radius 1 is 1.26 bits per heavy atom. The summed E-state index contributed by atoms with van der Waals surface area (Å²) in [4.78, 5) is 23.9. The number of rotatable bonds is 6. The molecule has 0 amide bonds. The van der Waals surface area contributed by atoms with Gasteiger partial charge in [-0.1, -0.05) is 50.2 Å². The molecule has 0 fully saturated rings. The molecule has 0 radical (unpaired) electrons. The van der Waals surface area contributed by atoms with Crippen molar-refractivity contribution in [3.8, 4) is 0 Å². The normalized spacial score (nSPS) is 15.5. The summed E-state index contributed by atoms with van der Waals surface area (Å²) in [6, 6.07) is 9.02. The van der Waals surface area contributed by atoms with E-state index >= 15 is 0 Å². The van der Waals surface area contributed by atoms with Crippen LogP contribution >= 0.6 is 11.8 Å². The number of carbonyl (C=O) groups is 2. The fraction of sp³-hybridized carbons (Fsp3) is 0.429. The molecule has 0 bridgehead atoms. The van der Waals surface area contributed by atoms with Gasteiger partial charge in [-0.15, -0.1) is 0 Å². The molecule has 1 aromatic rings. The van der Waals surface area contributed by atoms with Crippen LogP contribution in [0.15, 0.2) is 35.2 Å². The summed E-state index contributed by atoms with van der Waals surface area (Å²) in [6.07, 6.45) is -1.02. The van der Waals surface area contributed by atoms with Crippen LogP contribution in [-0.2, 0) is 9.59 Å². The van der Waals surface area contributed by atoms with Crippen LogP contribution in [0.4, 0.5) is 0 Å². The van der Waals surface area contributed by atoms with Gasteiger partial charge in [-0.2, -0.15) is 0 Å². The Kier molecular flexibility index (Phi) is 6.05. The van der Waals surface area contributed by atoms with Gasteiger partial charge in [-0.25, -0.2) is 4.79 Å². The number of hydrogen-bond donors (Lipinski definition) is 2. The molecule has 0 heterocycles. The largest absolute Gasteiger partial charge is 0.479 e. The van der Waals surface area contributed by atoms with Gasteiger partial charge in [-0.3, -0.25) is 4.79 Å². The zero-order valence-corrected chi connectivity index (χ0v) is 11.8. The maximum atomic E-state index is 12.2. The monoisotopic (exact) mass is 282 g/mol. The number of aliphatic hydroxyl groups excluding tert-OH is 1. The van der Waals surface area contributed by atoms with E-state index in [-0.39, 0.29) is 11.0 Å². The highest BCUT2D eigenvalue weighted by Crippen LogP contribution is 2.29. The van der Waals surface area contributed by atoms with Crippen molar-refractivity contribution in [3.05, 3.63) is 30.3 Å². The lowest BCUT2D eigenvalue weighted by Gasteiger charge is -2.23. The zero-order chi connectivity index (χ0) is 14.4. The summed E-state index contributed by atoms with van der Waals surface area (Å²) >= 11 is 0.979. The van der Waals surface area contributed by atoms with E-state index in [1.165, 1.54) is 0 Å². The highest BCUT2D eigenvalue weighted by Gasteiger charge is 2.35. The lowest BCUT2D eigenvalue weighted by Crippen LogP contribution is -2.37. The summed E-state index contributed by atoms with van der Waals surface area (Å²) in [5.74, 6) is -2.44. The molecule has 0 saturated heterocycles. The minimum absolute atomic E-state index is 0.185. The Morgan fingerprint density at radius 2 is 1.84 bits per heavy atom. The molecule has 104 valence electrons. The molecule has 3 atom stereocenters. The van der Waals surface area contributed by atoms with E-state index in [1.54, 1.807) is 19.1 Å². The summed E-state index contributed by atoms with van der Waals surface area (Å²) in [5.41, 5.74) is 0. The molecule has 19 heavy (non-hydrogen) atoms. The van der Waals surface area contributed by atoms with Crippen LogP contribution in [0.2, 0.25) is 0 Å². The van der Waals surface area contributed by atoms with Crippen molar-refractivity contribution in [1.29, 1.82) is 0 Å². The Morgan fingerprint density at radius 3 is 2.32 bits per heavy atom. The molecule has 0 unspecified atom stereocenters. The molecule has 0 saturated carbocycles. The van der Waals surface area contributed by atoms with Crippen molar-refractivity contribution in [2.24, 2.45) is 11.8 Å². The number of benzene rings is 1. The highest BCUT2D eigenvalue weighted by molar-refractivity contribution is 8.13. The van der Waals surface area contributed by atoms with Crippen molar-refractivity contribution in [1.82, 2.24) is 0 Å². The third-order valence-electron chi connectivity index (χ3n) is 3.08. The summed E-state index contributed by atoms with van der Waals surface area (Å²) in [7, 11) is 0. The minimum atomic E-state index is -1.65. The van der Waals surface area contributed by atoms with Gasteiger partial charge in [0.05, 0.1) is 5.92 Å². The second-order valence-electron chi connectivity index (χ2n) is 4.43. The molecular formula is C14H18O4S. The molecule has 1 aromatic carbocycles. The Labute approximate surface area is 116 Å². The van der Waals surface area contributed by atoms with Crippen LogP contribution < -0.4 is 0 Å². The van der Waals surface area contributed by atoms with Crippen LogP contribution in [-0.4, -0.2) is 27.4 Å². The summed E-state index contributed by atoms with van der Waals surface area (Å²) < 4.78 is 0. The number of carboxylic acid groups (broad SMARTS) is 1. The van der Waals surface area contributed by atoms with Crippen LogP contribution in [0.5, 0.6) is 0 Å². The van der Waals surface area contributed by atoms with Gasteiger partial charge in [0.1, 0.15) is 0 Å². The summed E-state index contributed by atoms with van der Waals surface area (Å²) in [6.45, 7) is 3.65. The molecule has 0 spiro atoms. The first-order valence-corrected chi connectivity index (χ1v) is 6.96. The number of thioether (sulfide) groups is 1. The number of aliphatic hydroxyl groups is 1. The second kappa shape index (κ2) is 7.31. The fourth-order valence-corrected chi connectivity index (χ4v) is 2.78. The Hall–Kier alpha value is -1.33. The number of hydrogen-bond acceptors (Lipinski definition) is 4. The average molecular weight is 282 g/mol. The lowest BCUT2D eigenvalue weighted by molar-refractivity contribution is -0.153. The lowest BCUT2D eigenvalue weighted by atomic mass is 9.88. The van der Waals surface area contributed by atoms with E-state index in [9.17, 15) is 14.7 Å². The topological polar surface area (TPSA) is 74.6 Å². The molecule has 0 aliphatic heterocycles. The van der Waals surface area contributed by atoms with Gasteiger partial charge >= 0.3 is 5.97 Å². The SMILES string of the molecule is CC[C@H](C)[C@H](C(=O)Sc1ccccc1)[C@@H](O)C(=O)O. The maximum absolute atomic E-state index is 12.2.